The van der Waals surface area contributed by atoms with E-state index >= 15 is 0 Å². The van der Waals surface area contributed by atoms with E-state index in [2.05, 4.69) is 0 Å². The summed E-state index contributed by atoms with van der Waals surface area (Å²) in [7, 11) is 0. The zero-order chi connectivity index (χ0) is 10.9. The number of rotatable bonds is 1. The molecule has 2 N–H and O–H groups in total. The lowest BCUT2D eigenvalue weighted by atomic mass is 10.0. The number of hydrogen-bond acceptors (Lipinski definition) is 1. The molecule has 14 heavy (non-hydrogen) atoms. The molecule has 0 spiro atoms. The molecule has 0 radical (unpaired) electrons. The van der Waals surface area contributed by atoms with E-state index in [1.54, 1.807) is 22.6 Å². The second-order valence-corrected chi connectivity index (χ2v) is 4.13. The van der Waals surface area contributed by atoms with Crippen molar-refractivity contribution in [3.63, 3.8) is 0 Å². The SMILES string of the molecule is Cc1cc(CN)cc(I)c1C(F)(F)F. The lowest BCUT2D eigenvalue weighted by Gasteiger charge is -2.13. The van der Waals surface area contributed by atoms with Gasteiger partial charge in [0.1, 0.15) is 0 Å². The maximum atomic E-state index is 12.5. The van der Waals surface area contributed by atoms with Gasteiger partial charge in [0.05, 0.1) is 5.56 Å². The highest BCUT2D eigenvalue weighted by molar-refractivity contribution is 14.1. The van der Waals surface area contributed by atoms with Crippen molar-refractivity contribution < 1.29 is 13.2 Å². The lowest BCUT2D eigenvalue weighted by molar-refractivity contribution is -0.138. The first-order valence-corrected chi connectivity index (χ1v) is 5.00. The van der Waals surface area contributed by atoms with E-state index < -0.39 is 11.7 Å². The van der Waals surface area contributed by atoms with Crippen LogP contribution in [0.15, 0.2) is 12.1 Å². The first kappa shape index (κ1) is 11.8. The average Bonchev–Trinajstić information content (AvgIpc) is 1.99. The van der Waals surface area contributed by atoms with E-state index in [9.17, 15) is 13.2 Å². The van der Waals surface area contributed by atoms with E-state index in [4.69, 9.17) is 5.73 Å². The van der Waals surface area contributed by atoms with Crippen molar-refractivity contribution in [2.24, 2.45) is 5.73 Å². The van der Waals surface area contributed by atoms with Crippen LogP contribution in [0.3, 0.4) is 0 Å². The molecule has 0 amide bonds. The molecule has 0 aliphatic heterocycles. The van der Waals surface area contributed by atoms with Crippen molar-refractivity contribution in [2.75, 3.05) is 0 Å². The Morgan fingerprint density at radius 1 is 1.36 bits per heavy atom. The van der Waals surface area contributed by atoms with Gasteiger partial charge in [0.2, 0.25) is 0 Å². The molecular formula is C9H9F3IN. The van der Waals surface area contributed by atoms with Crippen LogP contribution in [0.4, 0.5) is 13.2 Å². The fourth-order valence-corrected chi connectivity index (χ4v) is 2.42. The summed E-state index contributed by atoms with van der Waals surface area (Å²) in [5.74, 6) is 0. The molecule has 0 aliphatic carbocycles. The van der Waals surface area contributed by atoms with Crippen molar-refractivity contribution in [1.29, 1.82) is 0 Å². The minimum atomic E-state index is -4.28. The molecule has 1 rings (SSSR count). The van der Waals surface area contributed by atoms with Crippen LogP contribution < -0.4 is 5.73 Å². The van der Waals surface area contributed by atoms with Gasteiger partial charge in [-0.25, -0.2) is 0 Å². The summed E-state index contributed by atoms with van der Waals surface area (Å²) in [5.41, 5.74) is 5.75. The zero-order valence-corrected chi connectivity index (χ0v) is 9.61. The summed E-state index contributed by atoms with van der Waals surface area (Å²) in [4.78, 5) is 0. The monoisotopic (exact) mass is 315 g/mol. The molecule has 1 aromatic carbocycles. The van der Waals surface area contributed by atoms with Crippen molar-refractivity contribution in [3.8, 4) is 0 Å². The molecule has 0 bridgehead atoms. The van der Waals surface area contributed by atoms with Gasteiger partial charge >= 0.3 is 6.18 Å². The van der Waals surface area contributed by atoms with Crippen molar-refractivity contribution in [1.82, 2.24) is 0 Å². The molecule has 1 nitrogen and oxygen atoms in total. The van der Waals surface area contributed by atoms with Crippen LogP contribution in [-0.4, -0.2) is 0 Å². The van der Waals surface area contributed by atoms with E-state index in [1.807, 2.05) is 0 Å². The van der Waals surface area contributed by atoms with Gasteiger partial charge in [-0.1, -0.05) is 6.07 Å². The van der Waals surface area contributed by atoms with Crippen molar-refractivity contribution in [3.05, 3.63) is 32.4 Å². The lowest BCUT2D eigenvalue weighted by Crippen LogP contribution is -2.11. The third-order valence-corrected chi connectivity index (χ3v) is 2.72. The predicted octanol–water partition coefficient (Wildman–Crippen LogP) is 3.08. The Morgan fingerprint density at radius 3 is 2.29 bits per heavy atom. The van der Waals surface area contributed by atoms with Crippen LogP contribution in [0.5, 0.6) is 0 Å². The van der Waals surface area contributed by atoms with Crippen molar-refractivity contribution in [2.45, 2.75) is 19.6 Å². The van der Waals surface area contributed by atoms with Gasteiger partial charge in [-0.15, -0.1) is 0 Å². The van der Waals surface area contributed by atoms with Gasteiger partial charge in [0.15, 0.2) is 0 Å². The van der Waals surface area contributed by atoms with Gasteiger partial charge in [-0.2, -0.15) is 13.2 Å². The Balaban J connectivity index is 3.33. The van der Waals surface area contributed by atoms with E-state index in [-0.39, 0.29) is 15.7 Å². The normalized spacial score (nSPS) is 11.9. The Labute approximate surface area is 93.6 Å². The van der Waals surface area contributed by atoms with Gasteiger partial charge in [0, 0.05) is 10.1 Å². The molecule has 0 saturated carbocycles. The zero-order valence-electron chi connectivity index (χ0n) is 7.45. The van der Waals surface area contributed by atoms with Crippen LogP contribution >= 0.6 is 22.6 Å². The van der Waals surface area contributed by atoms with Crippen LogP contribution in [0.2, 0.25) is 0 Å². The van der Waals surface area contributed by atoms with Crippen LogP contribution in [0.25, 0.3) is 0 Å². The summed E-state index contributed by atoms with van der Waals surface area (Å²) >= 11 is 1.68. The summed E-state index contributed by atoms with van der Waals surface area (Å²) < 4.78 is 37.7. The second-order valence-electron chi connectivity index (χ2n) is 2.97. The summed E-state index contributed by atoms with van der Waals surface area (Å²) in [5, 5.41) is 0. The molecule has 78 valence electrons. The largest absolute Gasteiger partial charge is 0.417 e. The smallest absolute Gasteiger partial charge is 0.326 e. The Morgan fingerprint density at radius 2 is 1.93 bits per heavy atom. The van der Waals surface area contributed by atoms with E-state index in [0.717, 1.165) is 5.56 Å². The number of benzene rings is 1. The van der Waals surface area contributed by atoms with Gasteiger partial charge in [0.25, 0.3) is 0 Å². The molecular weight excluding hydrogens is 306 g/mol. The Hall–Kier alpha value is -0.300. The minimum Gasteiger partial charge on any atom is -0.326 e. The molecule has 0 saturated heterocycles. The first-order valence-electron chi connectivity index (χ1n) is 3.92. The fourth-order valence-electron chi connectivity index (χ4n) is 1.29. The van der Waals surface area contributed by atoms with Crippen LogP contribution in [-0.2, 0) is 12.7 Å². The van der Waals surface area contributed by atoms with Crippen LogP contribution in [0.1, 0.15) is 16.7 Å². The molecule has 1 aromatic rings. The molecule has 5 heteroatoms. The number of halogens is 4. The summed E-state index contributed by atoms with van der Waals surface area (Å²) in [6, 6.07) is 2.95. The molecule has 0 heterocycles. The highest BCUT2D eigenvalue weighted by Crippen LogP contribution is 2.35. The molecule has 0 aromatic heterocycles. The summed E-state index contributed by atoms with van der Waals surface area (Å²) in [6.07, 6.45) is -4.28. The predicted molar refractivity (Wildman–Crippen MR) is 56.8 cm³/mol. The van der Waals surface area contributed by atoms with Crippen molar-refractivity contribution >= 4 is 22.6 Å². The number of aryl methyl sites for hydroxylation is 1. The van der Waals surface area contributed by atoms with Crippen LogP contribution in [0, 0.1) is 10.5 Å². The van der Waals surface area contributed by atoms with Gasteiger partial charge in [-0.05, 0) is 46.7 Å². The molecule has 0 fully saturated rings. The fraction of sp³-hybridized carbons (Fsp3) is 0.333. The highest BCUT2D eigenvalue weighted by Gasteiger charge is 2.34. The third-order valence-electron chi connectivity index (χ3n) is 1.87. The molecule has 0 unspecified atom stereocenters. The Kier molecular flexibility index (Phi) is 3.41. The van der Waals surface area contributed by atoms with E-state index in [1.165, 1.54) is 19.1 Å². The number of nitrogens with two attached hydrogens (primary N) is 1. The number of alkyl halides is 3. The topological polar surface area (TPSA) is 26.0 Å². The highest BCUT2D eigenvalue weighted by atomic mass is 127. The minimum absolute atomic E-state index is 0.204. The number of hydrogen-bond donors (Lipinski definition) is 1. The third kappa shape index (κ3) is 2.38. The standard InChI is InChI=1S/C9H9F3IN/c1-5-2-6(4-14)3-7(13)8(5)9(10,11)12/h2-3H,4,14H2,1H3. The molecule has 0 aliphatic rings. The maximum absolute atomic E-state index is 12.5. The summed E-state index contributed by atoms with van der Waals surface area (Å²) in [6.45, 7) is 1.71. The molecule has 0 atom stereocenters. The van der Waals surface area contributed by atoms with Gasteiger partial charge < -0.3 is 5.73 Å². The Bertz CT molecular complexity index is 323. The second kappa shape index (κ2) is 4.06. The van der Waals surface area contributed by atoms with E-state index in [0.29, 0.717) is 0 Å². The average molecular weight is 315 g/mol. The van der Waals surface area contributed by atoms with Gasteiger partial charge in [-0.3, -0.25) is 0 Å². The quantitative estimate of drug-likeness (QED) is 0.792. The maximum Gasteiger partial charge on any atom is 0.417 e. The first-order chi connectivity index (χ1) is 6.36.